The first-order valence-corrected chi connectivity index (χ1v) is 3.56. The Morgan fingerprint density at radius 1 is 1.42 bits per heavy atom. The molecule has 2 rings (SSSR count). The molecule has 0 aromatic heterocycles. The van der Waals surface area contributed by atoms with Gasteiger partial charge in [-0.25, -0.2) is 0 Å². The van der Waals surface area contributed by atoms with Crippen LogP contribution in [0.1, 0.15) is 15.9 Å². The molecular weight excluding hydrogens is 156 g/mol. The molecular formula is C8H6N2O2. The van der Waals surface area contributed by atoms with Crippen molar-refractivity contribution < 1.29 is 4.79 Å². The summed E-state index contributed by atoms with van der Waals surface area (Å²) in [6, 6.07) is 4.78. The molecule has 0 unspecified atom stereocenters. The average molecular weight is 162 g/mol. The second-order valence-electron chi connectivity index (χ2n) is 2.62. The SMILES string of the molecule is O=Nc1ccc2c(c1)CNC2=O. The minimum atomic E-state index is -0.0811. The summed E-state index contributed by atoms with van der Waals surface area (Å²) in [5.41, 5.74) is 1.85. The Kier molecular flexibility index (Phi) is 1.40. The van der Waals surface area contributed by atoms with Gasteiger partial charge in [0.05, 0.1) is 0 Å². The fourth-order valence-electron chi connectivity index (χ4n) is 1.28. The summed E-state index contributed by atoms with van der Waals surface area (Å²) in [5, 5.41) is 5.44. The monoisotopic (exact) mass is 162 g/mol. The molecule has 1 aromatic carbocycles. The minimum Gasteiger partial charge on any atom is -0.348 e. The number of hydrogen-bond acceptors (Lipinski definition) is 3. The largest absolute Gasteiger partial charge is 0.348 e. The van der Waals surface area contributed by atoms with Crippen LogP contribution < -0.4 is 5.32 Å². The third-order valence-electron chi connectivity index (χ3n) is 1.88. The summed E-state index contributed by atoms with van der Waals surface area (Å²) in [7, 11) is 0. The molecule has 0 saturated heterocycles. The summed E-state index contributed by atoms with van der Waals surface area (Å²) < 4.78 is 0. The summed E-state index contributed by atoms with van der Waals surface area (Å²) in [6.45, 7) is 0.498. The van der Waals surface area contributed by atoms with E-state index in [4.69, 9.17) is 0 Å². The number of benzene rings is 1. The first kappa shape index (κ1) is 6.97. The van der Waals surface area contributed by atoms with E-state index < -0.39 is 0 Å². The van der Waals surface area contributed by atoms with E-state index in [2.05, 4.69) is 10.5 Å². The molecule has 12 heavy (non-hydrogen) atoms. The first-order valence-electron chi connectivity index (χ1n) is 3.56. The molecule has 60 valence electrons. The fraction of sp³-hybridized carbons (Fsp3) is 0.125. The van der Waals surface area contributed by atoms with Gasteiger partial charge in [-0.15, -0.1) is 4.91 Å². The van der Waals surface area contributed by atoms with Crippen molar-refractivity contribution in [1.29, 1.82) is 0 Å². The van der Waals surface area contributed by atoms with Gasteiger partial charge in [-0.2, -0.15) is 0 Å². The molecule has 1 aliphatic rings. The summed E-state index contributed by atoms with van der Waals surface area (Å²) in [4.78, 5) is 21.2. The lowest BCUT2D eigenvalue weighted by molar-refractivity contribution is 0.0966. The molecule has 0 radical (unpaired) electrons. The molecule has 0 aliphatic carbocycles. The number of nitrogens with one attached hydrogen (secondary N) is 1. The summed E-state index contributed by atoms with van der Waals surface area (Å²) in [6.07, 6.45) is 0. The zero-order valence-electron chi connectivity index (χ0n) is 6.20. The number of hydrogen-bond donors (Lipinski definition) is 1. The molecule has 1 aromatic rings. The third-order valence-corrected chi connectivity index (χ3v) is 1.88. The highest BCUT2D eigenvalue weighted by Crippen LogP contribution is 2.21. The van der Waals surface area contributed by atoms with Crippen LogP contribution in [-0.2, 0) is 6.54 Å². The van der Waals surface area contributed by atoms with Gasteiger partial charge in [-0.3, -0.25) is 4.79 Å². The van der Waals surface area contributed by atoms with Gasteiger partial charge in [0, 0.05) is 12.1 Å². The van der Waals surface area contributed by atoms with Crippen molar-refractivity contribution in [3.63, 3.8) is 0 Å². The quantitative estimate of drug-likeness (QED) is 0.633. The highest BCUT2D eigenvalue weighted by atomic mass is 16.3. The van der Waals surface area contributed by atoms with E-state index in [9.17, 15) is 9.70 Å². The predicted molar refractivity (Wildman–Crippen MR) is 43.1 cm³/mol. The maximum Gasteiger partial charge on any atom is 0.251 e. The lowest BCUT2D eigenvalue weighted by Gasteiger charge is -1.93. The molecule has 0 bridgehead atoms. The number of carbonyl (C=O) groups excluding carboxylic acids is 1. The van der Waals surface area contributed by atoms with E-state index in [1.54, 1.807) is 12.1 Å². The molecule has 0 saturated carbocycles. The van der Waals surface area contributed by atoms with Crippen LogP contribution in [0.4, 0.5) is 5.69 Å². The van der Waals surface area contributed by atoms with Gasteiger partial charge in [0.15, 0.2) is 0 Å². The Bertz CT molecular complexity index is 360. The second-order valence-corrected chi connectivity index (χ2v) is 2.62. The second kappa shape index (κ2) is 2.41. The number of nitroso groups, excluding NO2 is 1. The van der Waals surface area contributed by atoms with Crippen LogP contribution in [0.3, 0.4) is 0 Å². The Hall–Kier alpha value is -1.71. The van der Waals surface area contributed by atoms with Crippen molar-refractivity contribution in [2.24, 2.45) is 5.18 Å². The molecule has 1 N–H and O–H groups in total. The van der Waals surface area contributed by atoms with Gasteiger partial charge in [-0.1, -0.05) is 0 Å². The van der Waals surface area contributed by atoms with Crippen LogP contribution >= 0.6 is 0 Å². The summed E-state index contributed by atoms with van der Waals surface area (Å²) in [5.74, 6) is -0.0811. The van der Waals surface area contributed by atoms with Crippen LogP contribution in [0.2, 0.25) is 0 Å². The van der Waals surface area contributed by atoms with Crippen LogP contribution in [0.5, 0.6) is 0 Å². The fourth-order valence-corrected chi connectivity index (χ4v) is 1.28. The smallest absolute Gasteiger partial charge is 0.251 e. The average Bonchev–Trinajstić information content (AvgIpc) is 2.47. The number of amides is 1. The summed E-state index contributed by atoms with van der Waals surface area (Å²) >= 11 is 0. The maximum absolute atomic E-state index is 11.0. The number of nitrogens with zero attached hydrogens (tertiary/aromatic N) is 1. The zero-order chi connectivity index (χ0) is 8.55. The Morgan fingerprint density at radius 2 is 2.25 bits per heavy atom. The van der Waals surface area contributed by atoms with Gasteiger partial charge >= 0.3 is 0 Å². The van der Waals surface area contributed by atoms with Crippen LogP contribution in [0.25, 0.3) is 0 Å². The molecule has 0 atom stereocenters. The van der Waals surface area contributed by atoms with Crippen molar-refractivity contribution in [2.45, 2.75) is 6.54 Å². The van der Waals surface area contributed by atoms with Gasteiger partial charge in [0.2, 0.25) is 0 Å². The Balaban J connectivity index is 2.55. The normalized spacial score (nSPS) is 13.8. The van der Waals surface area contributed by atoms with Crippen molar-refractivity contribution in [2.75, 3.05) is 0 Å². The maximum atomic E-state index is 11.0. The highest BCUT2D eigenvalue weighted by Gasteiger charge is 2.18. The van der Waals surface area contributed by atoms with Crippen molar-refractivity contribution in [3.05, 3.63) is 34.2 Å². The molecule has 0 spiro atoms. The molecule has 1 amide bonds. The molecule has 4 heteroatoms. The van der Waals surface area contributed by atoms with Gasteiger partial charge < -0.3 is 5.32 Å². The first-order chi connectivity index (χ1) is 5.81. The zero-order valence-corrected chi connectivity index (χ0v) is 6.20. The van der Waals surface area contributed by atoms with Crippen LogP contribution in [-0.4, -0.2) is 5.91 Å². The minimum absolute atomic E-state index is 0.0811. The lowest BCUT2D eigenvalue weighted by Crippen LogP contribution is -2.12. The molecule has 1 heterocycles. The van der Waals surface area contributed by atoms with E-state index in [-0.39, 0.29) is 5.91 Å². The predicted octanol–water partition coefficient (Wildman–Crippen LogP) is 1.33. The number of rotatable bonds is 1. The van der Waals surface area contributed by atoms with E-state index in [0.29, 0.717) is 17.8 Å². The molecule has 0 fully saturated rings. The highest BCUT2D eigenvalue weighted by molar-refractivity contribution is 5.98. The van der Waals surface area contributed by atoms with Crippen molar-refractivity contribution in [3.8, 4) is 0 Å². The Labute approximate surface area is 68.6 Å². The van der Waals surface area contributed by atoms with E-state index in [1.165, 1.54) is 6.07 Å². The van der Waals surface area contributed by atoms with Crippen LogP contribution in [0, 0.1) is 4.91 Å². The Morgan fingerprint density at radius 3 is 3.00 bits per heavy atom. The molecule has 1 aliphatic heterocycles. The topological polar surface area (TPSA) is 58.5 Å². The van der Waals surface area contributed by atoms with Gasteiger partial charge in [0.25, 0.3) is 5.91 Å². The third kappa shape index (κ3) is 0.887. The van der Waals surface area contributed by atoms with E-state index >= 15 is 0 Å². The number of fused-ring (bicyclic) bond motifs is 1. The molecule has 4 nitrogen and oxygen atoms in total. The van der Waals surface area contributed by atoms with Crippen molar-refractivity contribution >= 4 is 11.6 Å². The van der Waals surface area contributed by atoms with Crippen molar-refractivity contribution in [1.82, 2.24) is 5.32 Å². The van der Waals surface area contributed by atoms with Crippen LogP contribution in [0.15, 0.2) is 23.4 Å². The van der Waals surface area contributed by atoms with E-state index in [0.717, 1.165) is 5.56 Å². The number of carbonyl (C=O) groups is 1. The lowest BCUT2D eigenvalue weighted by atomic mass is 10.1. The van der Waals surface area contributed by atoms with E-state index in [1.807, 2.05) is 0 Å². The standard InChI is InChI=1S/C8H6N2O2/c11-8-7-2-1-6(10-12)3-5(7)4-9-8/h1-3H,4H2,(H,9,11). The van der Waals surface area contributed by atoms with Gasteiger partial charge in [-0.05, 0) is 28.9 Å². The van der Waals surface area contributed by atoms with Gasteiger partial charge in [0.1, 0.15) is 5.69 Å².